The zero-order valence-corrected chi connectivity index (χ0v) is 17.3. The largest absolute Gasteiger partial charge is 0.326 e. The average Bonchev–Trinajstić information content (AvgIpc) is 3.20. The lowest BCUT2D eigenvalue weighted by atomic mass is 10.0. The van der Waals surface area contributed by atoms with E-state index < -0.39 is 9.84 Å². The molecule has 1 aliphatic carbocycles. The molecule has 3 atom stereocenters. The van der Waals surface area contributed by atoms with Crippen LogP contribution in [-0.4, -0.2) is 43.5 Å². The van der Waals surface area contributed by atoms with Crippen LogP contribution in [0.25, 0.3) is 11.1 Å². The van der Waals surface area contributed by atoms with Crippen LogP contribution < -0.4 is 5.73 Å². The summed E-state index contributed by atoms with van der Waals surface area (Å²) in [4.78, 5) is 2.26. The van der Waals surface area contributed by atoms with E-state index in [1.807, 2.05) is 0 Å². The van der Waals surface area contributed by atoms with E-state index in [1.165, 1.54) is 27.8 Å². The van der Waals surface area contributed by atoms with Crippen LogP contribution in [0.1, 0.15) is 16.7 Å². The number of halogens is 2. The lowest BCUT2D eigenvalue weighted by Gasteiger charge is -2.18. The van der Waals surface area contributed by atoms with E-state index in [4.69, 9.17) is 5.73 Å². The summed E-state index contributed by atoms with van der Waals surface area (Å²) in [6.45, 7) is 2.22. The van der Waals surface area contributed by atoms with Gasteiger partial charge in [-0.2, -0.15) is 0 Å². The van der Waals surface area contributed by atoms with Gasteiger partial charge in [0.05, 0.1) is 11.0 Å². The van der Waals surface area contributed by atoms with Crippen molar-refractivity contribution in [1.82, 2.24) is 4.90 Å². The smallest absolute Gasteiger partial charge is 0.156 e. The Bertz CT molecular complexity index is 964. The van der Waals surface area contributed by atoms with Crippen LogP contribution in [-0.2, 0) is 22.8 Å². The second-order valence-electron chi connectivity index (χ2n) is 7.72. The topological polar surface area (TPSA) is 63.4 Å². The van der Waals surface area contributed by atoms with Crippen LogP contribution in [0.3, 0.4) is 0 Å². The van der Waals surface area contributed by atoms with Crippen molar-refractivity contribution in [2.75, 3.05) is 18.8 Å². The molecular formula is C20H24Cl2N2O2S. The fourth-order valence-corrected chi connectivity index (χ4v) is 7.16. The fourth-order valence-electron chi connectivity index (χ4n) is 4.87. The Hall–Kier alpha value is -1.11. The molecule has 0 aromatic heterocycles. The third-order valence-electron chi connectivity index (χ3n) is 6.08. The Labute approximate surface area is 172 Å². The van der Waals surface area contributed by atoms with Gasteiger partial charge in [0.1, 0.15) is 0 Å². The molecular weight excluding hydrogens is 403 g/mol. The van der Waals surface area contributed by atoms with Gasteiger partial charge in [-0.25, -0.2) is 8.42 Å². The van der Waals surface area contributed by atoms with Crippen LogP contribution in [0.4, 0.5) is 0 Å². The van der Waals surface area contributed by atoms with Gasteiger partial charge >= 0.3 is 0 Å². The predicted octanol–water partition coefficient (Wildman–Crippen LogP) is 2.66. The van der Waals surface area contributed by atoms with Crippen LogP contribution in [0.5, 0.6) is 0 Å². The Morgan fingerprint density at radius 2 is 1.74 bits per heavy atom. The summed E-state index contributed by atoms with van der Waals surface area (Å²) >= 11 is 0. The number of nitrogens with two attached hydrogens (primary N) is 1. The molecule has 0 unspecified atom stereocenters. The molecule has 2 aliphatic heterocycles. The summed E-state index contributed by atoms with van der Waals surface area (Å²) < 4.78 is 24.4. The van der Waals surface area contributed by atoms with Crippen LogP contribution in [0.2, 0.25) is 0 Å². The fraction of sp³-hybridized carbons (Fsp3) is 0.400. The Kier molecular flexibility index (Phi) is 5.63. The number of hydrogen-bond donors (Lipinski definition) is 1. The first-order valence-corrected chi connectivity index (χ1v) is 10.6. The lowest BCUT2D eigenvalue weighted by molar-refractivity contribution is 0.308. The quantitative estimate of drug-likeness (QED) is 0.683. The van der Waals surface area contributed by atoms with E-state index in [0.717, 1.165) is 19.5 Å². The monoisotopic (exact) mass is 426 g/mol. The van der Waals surface area contributed by atoms with Crippen molar-refractivity contribution in [3.05, 3.63) is 59.2 Å². The molecule has 2 aromatic carbocycles. The molecule has 0 amide bonds. The van der Waals surface area contributed by atoms with Gasteiger partial charge in [0.2, 0.25) is 0 Å². The maximum Gasteiger partial charge on any atom is 0.156 e. The standard InChI is InChI=1S/C20H22N2O2S.2ClH/c21-19-12-25(23,24)20-11-22(10-18(19)20)9-13-5-6-17-15(7-13)8-14-3-1-2-4-16(14)17;;/h1-7,18-20H,8-12,21H2;2*1H/t18-,19+,20-;;/m0../s1. The summed E-state index contributed by atoms with van der Waals surface area (Å²) in [7, 11) is -3.01. The van der Waals surface area contributed by atoms with Crippen molar-refractivity contribution < 1.29 is 8.42 Å². The molecule has 0 bridgehead atoms. The molecule has 146 valence electrons. The van der Waals surface area contributed by atoms with Gasteiger partial charge in [-0.05, 0) is 34.2 Å². The number of hydrogen-bond acceptors (Lipinski definition) is 4. The molecule has 27 heavy (non-hydrogen) atoms. The van der Waals surface area contributed by atoms with Crippen molar-refractivity contribution in [3.63, 3.8) is 0 Å². The highest BCUT2D eigenvalue weighted by molar-refractivity contribution is 7.92. The van der Waals surface area contributed by atoms with Gasteiger partial charge < -0.3 is 5.73 Å². The average molecular weight is 427 g/mol. The van der Waals surface area contributed by atoms with E-state index in [-0.39, 0.29) is 47.8 Å². The zero-order valence-electron chi connectivity index (χ0n) is 14.9. The highest BCUT2D eigenvalue weighted by atomic mass is 35.5. The highest BCUT2D eigenvalue weighted by Gasteiger charge is 2.50. The zero-order chi connectivity index (χ0) is 17.2. The van der Waals surface area contributed by atoms with E-state index in [0.29, 0.717) is 6.54 Å². The first kappa shape index (κ1) is 20.6. The Balaban J connectivity index is 0.00000105. The molecule has 0 radical (unpaired) electrons. The Morgan fingerprint density at radius 3 is 2.52 bits per heavy atom. The number of rotatable bonds is 2. The molecule has 2 aromatic rings. The van der Waals surface area contributed by atoms with E-state index in [2.05, 4.69) is 47.4 Å². The maximum atomic E-state index is 12.2. The predicted molar refractivity (Wildman–Crippen MR) is 113 cm³/mol. The van der Waals surface area contributed by atoms with Gasteiger partial charge in [0.15, 0.2) is 9.84 Å². The van der Waals surface area contributed by atoms with Crippen LogP contribution in [0.15, 0.2) is 42.5 Å². The minimum absolute atomic E-state index is 0. The summed E-state index contributed by atoms with van der Waals surface area (Å²) in [5.41, 5.74) is 12.8. The molecule has 4 nitrogen and oxygen atoms in total. The molecule has 2 fully saturated rings. The molecule has 3 aliphatic rings. The first-order chi connectivity index (χ1) is 12.0. The lowest BCUT2D eigenvalue weighted by Crippen LogP contribution is -2.33. The summed E-state index contributed by atoms with van der Waals surface area (Å²) in [5, 5.41) is -0.263. The van der Waals surface area contributed by atoms with Gasteiger partial charge in [-0.3, -0.25) is 4.90 Å². The number of sulfone groups is 1. The van der Waals surface area contributed by atoms with Crippen molar-refractivity contribution >= 4 is 34.7 Å². The summed E-state index contributed by atoms with van der Waals surface area (Å²) in [5.74, 6) is 0.261. The molecule has 2 saturated heterocycles. The second-order valence-corrected chi connectivity index (χ2v) is 9.98. The number of nitrogens with zero attached hydrogens (tertiary/aromatic N) is 1. The second kappa shape index (κ2) is 7.37. The van der Waals surface area contributed by atoms with E-state index in [1.54, 1.807) is 0 Å². The Morgan fingerprint density at radius 1 is 1.00 bits per heavy atom. The summed E-state index contributed by atoms with van der Waals surface area (Å²) in [6, 6.07) is 15.1. The van der Waals surface area contributed by atoms with E-state index >= 15 is 0 Å². The molecule has 2 N–H and O–H groups in total. The highest BCUT2D eigenvalue weighted by Crippen LogP contribution is 2.38. The third-order valence-corrected chi connectivity index (χ3v) is 8.36. The van der Waals surface area contributed by atoms with Crippen molar-refractivity contribution in [3.8, 4) is 11.1 Å². The van der Waals surface area contributed by atoms with Crippen molar-refractivity contribution in [2.45, 2.75) is 24.3 Å². The minimum atomic E-state index is -3.01. The normalized spacial score (nSPS) is 27.2. The van der Waals surface area contributed by atoms with Crippen LogP contribution >= 0.6 is 24.8 Å². The summed E-state index contributed by atoms with van der Waals surface area (Å²) in [6.07, 6.45) is 0.990. The first-order valence-electron chi connectivity index (χ1n) is 8.91. The van der Waals surface area contributed by atoms with Gasteiger partial charge in [-0.15, -0.1) is 24.8 Å². The maximum absolute atomic E-state index is 12.2. The number of likely N-dealkylation sites (tertiary alicyclic amines) is 1. The van der Waals surface area contributed by atoms with Gasteiger partial charge in [0, 0.05) is 31.6 Å². The van der Waals surface area contributed by atoms with Crippen molar-refractivity contribution in [1.29, 1.82) is 0 Å². The van der Waals surface area contributed by atoms with Gasteiger partial charge in [-0.1, -0.05) is 42.5 Å². The molecule has 7 heteroatoms. The molecule has 0 spiro atoms. The van der Waals surface area contributed by atoms with E-state index in [9.17, 15) is 8.42 Å². The third kappa shape index (κ3) is 3.40. The number of benzene rings is 2. The molecule has 2 heterocycles. The van der Waals surface area contributed by atoms with Crippen molar-refractivity contribution in [2.24, 2.45) is 11.7 Å². The molecule has 5 rings (SSSR count). The molecule has 0 saturated carbocycles. The van der Waals surface area contributed by atoms with Crippen LogP contribution in [0, 0.1) is 5.92 Å². The van der Waals surface area contributed by atoms with Gasteiger partial charge in [0.25, 0.3) is 0 Å². The minimum Gasteiger partial charge on any atom is -0.326 e. The number of fused-ring (bicyclic) bond motifs is 4. The SMILES string of the molecule is Cl.Cl.N[C@@H]1CS(=O)(=O)[C@H]2CN(Cc3ccc4c(c3)Cc3ccccc3-4)C[C@@H]12.